The van der Waals surface area contributed by atoms with Gasteiger partial charge in [-0.15, -0.1) is 21.9 Å². The number of para-hydroxylation sites is 1. The summed E-state index contributed by atoms with van der Waals surface area (Å²) in [4.78, 5) is 8.58. The van der Waals surface area contributed by atoms with Crippen LogP contribution in [0.1, 0.15) is 0 Å². The molecule has 5 nitrogen and oxygen atoms in total. The second-order valence-electron chi connectivity index (χ2n) is 13.0. The number of azide groups is 1. The molecule has 65 heavy (non-hydrogen) atoms. The van der Waals surface area contributed by atoms with Crippen molar-refractivity contribution in [2.75, 3.05) is 0 Å². The van der Waals surface area contributed by atoms with Gasteiger partial charge in [-0.05, 0) is 29.8 Å². The zero-order valence-electron chi connectivity index (χ0n) is 30.7. The summed E-state index contributed by atoms with van der Waals surface area (Å²) in [5, 5.41) is 4.65. The topological polar surface area (TPSA) is 61.9 Å². The van der Waals surface area contributed by atoms with Gasteiger partial charge >= 0.3 is 0 Å². The number of benzene rings is 6. The van der Waals surface area contributed by atoms with Gasteiger partial charge in [0.25, 0.3) is 5.52 Å². The molecule has 0 atom stereocenters. The molecule has 7 rings (SSSR count). The molecule has 7 aromatic rings. The number of hydrogen-bond donors (Lipinski definition) is 0. The monoisotopic (exact) mass is 942 g/mol. The molecule has 336 valence electrons. The number of halogens is 20. The Labute approximate surface area is 346 Å². The molecule has 0 bridgehead atoms. The lowest BCUT2D eigenvalue weighted by atomic mass is 9.12. The van der Waals surface area contributed by atoms with Crippen LogP contribution < -0.4 is 31.4 Å². The van der Waals surface area contributed by atoms with Crippen molar-refractivity contribution in [1.82, 2.24) is 0 Å². The van der Waals surface area contributed by atoms with E-state index >= 15 is 35.1 Å². The van der Waals surface area contributed by atoms with Crippen LogP contribution in [0.25, 0.3) is 21.3 Å². The zero-order valence-corrected chi connectivity index (χ0v) is 30.7. The highest BCUT2D eigenvalue weighted by molar-refractivity contribution is 7.20. The van der Waals surface area contributed by atoms with Gasteiger partial charge in [0, 0.05) is 27.5 Å². The van der Waals surface area contributed by atoms with Gasteiger partial charge in [-0.1, -0.05) is 29.4 Å². The molecule has 0 N–H and O–H groups in total. The van der Waals surface area contributed by atoms with E-state index in [1.807, 2.05) is 48.7 Å². The Morgan fingerprint density at radius 2 is 0.723 bits per heavy atom. The van der Waals surface area contributed by atoms with Crippen molar-refractivity contribution in [3.05, 3.63) is 194 Å². The lowest BCUT2D eigenvalue weighted by Crippen LogP contribution is -2.81. The zero-order chi connectivity index (χ0) is 48.1. The smallest absolute Gasteiger partial charge is 0.231 e. The van der Waals surface area contributed by atoms with Gasteiger partial charge in [-0.3, -0.25) is 0 Å². The standard InChI is InChI=1S/C24BF20.C15H11N4O/c26-5-1(6(27)14(35)21(42)13(5)34)25(2-7(28)15(36)22(43)16(37)8(2)29,3-9(30)17(38)23(44)18(39)10(3)31)4-11(32)19(40)24(45)20(41)12(4)33;16-18-17-13-7-3-8-14(11-13)20-19-10-4-6-12-5-1-2-9-15(12)19/h;1-11H/q-1;+1. The number of aromatic nitrogens is 1. The molecule has 1 heterocycles. The fourth-order valence-electron chi connectivity index (χ4n) is 6.86. The van der Waals surface area contributed by atoms with E-state index in [-0.39, 0.29) is 0 Å². The number of hydrogen-bond acceptors (Lipinski definition) is 2. The van der Waals surface area contributed by atoms with Crippen molar-refractivity contribution < 1.29 is 97.4 Å². The van der Waals surface area contributed by atoms with E-state index in [2.05, 4.69) is 10.0 Å². The third kappa shape index (κ3) is 7.41. The van der Waals surface area contributed by atoms with Gasteiger partial charge in [0.15, 0.2) is 69.8 Å². The van der Waals surface area contributed by atoms with E-state index in [4.69, 9.17) is 10.4 Å². The maximum atomic E-state index is 15.4. The van der Waals surface area contributed by atoms with E-state index in [1.165, 1.54) is 0 Å². The van der Waals surface area contributed by atoms with E-state index < -0.39 is 144 Å². The molecule has 0 unspecified atom stereocenters. The molecule has 6 aromatic carbocycles. The Kier molecular flexibility index (Phi) is 12.7. The minimum absolute atomic E-state index is 0.519. The summed E-state index contributed by atoms with van der Waals surface area (Å²) in [5.41, 5.74) is -4.39. The van der Waals surface area contributed by atoms with Gasteiger partial charge in [-0.2, -0.15) is 0 Å². The second-order valence-corrected chi connectivity index (χ2v) is 13.0. The summed E-state index contributed by atoms with van der Waals surface area (Å²) in [5.74, 6) is -70.8. The van der Waals surface area contributed by atoms with Gasteiger partial charge in [0.1, 0.15) is 52.7 Å². The molecule has 0 aliphatic heterocycles. The third-order valence-electron chi connectivity index (χ3n) is 9.56. The normalized spacial score (nSPS) is 11.4. The van der Waals surface area contributed by atoms with E-state index in [0.717, 1.165) is 10.9 Å². The van der Waals surface area contributed by atoms with E-state index in [9.17, 15) is 52.7 Å². The lowest BCUT2D eigenvalue weighted by Gasteiger charge is -2.44. The number of pyridine rings is 1. The number of fused-ring (bicyclic) bond motifs is 1. The Morgan fingerprint density at radius 1 is 0.400 bits per heavy atom. The Hall–Kier alpha value is -7.50. The quantitative estimate of drug-likeness (QED) is 0.0230. The molecule has 0 aliphatic rings. The van der Waals surface area contributed by atoms with Crippen molar-refractivity contribution >= 4 is 44.6 Å². The first-order valence-electron chi connectivity index (χ1n) is 17.0. The summed E-state index contributed by atoms with van der Waals surface area (Å²) in [6, 6.07) is 18.9. The second kappa shape index (κ2) is 17.6. The van der Waals surface area contributed by atoms with E-state index in [0.29, 0.717) is 11.4 Å². The molecule has 0 saturated heterocycles. The summed E-state index contributed by atoms with van der Waals surface area (Å²) in [6.45, 7) is 0. The largest absolute Gasteiger partial charge is 0.265 e. The summed E-state index contributed by atoms with van der Waals surface area (Å²) in [7, 11) is 0. The molecule has 0 amide bonds. The van der Waals surface area contributed by atoms with Crippen LogP contribution in [0.2, 0.25) is 0 Å². The predicted octanol–water partition coefficient (Wildman–Crippen LogP) is 9.76. The van der Waals surface area contributed by atoms with E-state index in [1.54, 1.807) is 22.9 Å². The average Bonchev–Trinajstić information content (AvgIpc) is 3.29. The first kappa shape index (κ1) is 47.0. The van der Waals surface area contributed by atoms with Crippen LogP contribution in [0.3, 0.4) is 0 Å². The maximum Gasteiger partial charge on any atom is 0.265 e. The summed E-state index contributed by atoms with van der Waals surface area (Å²) < 4.78 is 296. The summed E-state index contributed by atoms with van der Waals surface area (Å²) >= 11 is 0. The average molecular weight is 942 g/mol. The van der Waals surface area contributed by atoms with Crippen molar-refractivity contribution in [1.29, 1.82) is 0 Å². The number of nitrogens with zero attached hydrogens (tertiary/aromatic N) is 4. The Bertz CT molecular complexity index is 2780. The highest BCUT2D eigenvalue weighted by atomic mass is 19.2. The molecule has 1 aromatic heterocycles. The van der Waals surface area contributed by atoms with Crippen LogP contribution in [0.5, 0.6) is 5.75 Å². The van der Waals surface area contributed by atoms with Crippen molar-refractivity contribution in [2.45, 2.75) is 0 Å². The molecule has 26 heteroatoms. The molecule has 0 spiro atoms. The molecule has 0 saturated carbocycles. The fraction of sp³-hybridized carbons (Fsp3) is 0. The van der Waals surface area contributed by atoms with Gasteiger partial charge in [0.05, 0.1) is 5.39 Å². The van der Waals surface area contributed by atoms with Gasteiger partial charge < -0.3 is 0 Å². The minimum Gasteiger partial charge on any atom is -0.231 e. The van der Waals surface area contributed by atoms with Crippen LogP contribution in [0.15, 0.2) is 72.0 Å². The molecular weight excluding hydrogens is 931 g/mol. The first-order chi connectivity index (χ1) is 30.6. The van der Waals surface area contributed by atoms with Crippen LogP contribution in [0.4, 0.5) is 93.5 Å². The van der Waals surface area contributed by atoms with Gasteiger partial charge in [-0.25, -0.2) is 92.6 Å². The molecule has 0 fully saturated rings. The third-order valence-corrected chi connectivity index (χ3v) is 9.56. The minimum atomic E-state index is -7.22. The van der Waals surface area contributed by atoms with Crippen molar-refractivity contribution in [3.8, 4) is 5.75 Å². The summed E-state index contributed by atoms with van der Waals surface area (Å²) in [6.07, 6.45) is -5.38. The van der Waals surface area contributed by atoms with Crippen LogP contribution >= 0.6 is 0 Å². The van der Waals surface area contributed by atoms with Gasteiger partial charge in [0.2, 0.25) is 11.9 Å². The lowest BCUT2D eigenvalue weighted by molar-refractivity contribution is -0.854. The highest BCUT2D eigenvalue weighted by Gasteiger charge is 2.52. The number of rotatable bonds is 7. The Balaban J connectivity index is 0.000000289. The van der Waals surface area contributed by atoms with Crippen molar-refractivity contribution in [3.63, 3.8) is 0 Å². The van der Waals surface area contributed by atoms with Crippen LogP contribution in [-0.2, 0) is 0 Å². The van der Waals surface area contributed by atoms with Crippen molar-refractivity contribution in [2.24, 2.45) is 5.11 Å². The van der Waals surface area contributed by atoms with Crippen LogP contribution in [-0.4, -0.2) is 6.15 Å². The molecule has 0 aliphatic carbocycles. The highest BCUT2D eigenvalue weighted by Crippen LogP contribution is 2.31. The molecule has 0 radical (unpaired) electrons. The Morgan fingerprint density at radius 3 is 1.08 bits per heavy atom. The van der Waals surface area contributed by atoms with Crippen LogP contribution in [0, 0.1) is 116 Å². The maximum absolute atomic E-state index is 15.4. The first-order valence-corrected chi connectivity index (χ1v) is 17.0. The fourth-order valence-corrected chi connectivity index (χ4v) is 6.86. The SMILES string of the molecule is Fc1c(F)c(F)c([B-](c2c(F)c(F)c(F)c(F)c2F)(c2c(F)c(F)c(F)c(F)c2F)c2c(F)c(F)c(F)c(F)c2F)c(F)c1F.[N-]=[N+]=Nc1cccc(O[n+]2cccc3ccccc32)c1. The molecular formula is C39H11BF20N4O. The predicted molar refractivity (Wildman–Crippen MR) is 185 cm³/mol.